The van der Waals surface area contributed by atoms with E-state index in [1.165, 1.54) is 0 Å². The van der Waals surface area contributed by atoms with Gasteiger partial charge in [0.1, 0.15) is 5.82 Å². The Bertz CT molecular complexity index is 439. The summed E-state index contributed by atoms with van der Waals surface area (Å²) in [6.45, 7) is 1.65. The van der Waals surface area contributed by atoms with E-state index in [2.05, 4.69) is 9.97 Å². The lowest BCUT2D eigenvalue weighted by Crippen LogP contribution is -2.54. The lowest BCUT2D eigenvalue weighted by molar-refractivity contribution is -0.207. The molecule has 0 saturated carbocycles. The zero-order valence-electron chi connectivity index (χ0n) is 9.88. The van der Waals surface area contributed by atoms with Crippen molar-refractivity contribution in [1.82, 2.24) is 9.97 Å². The fourth-order valence-corrected chi connectivity index (χ4v) is 2.36. The summed E-state index contributed by atoms with van der Waals surface area (Å²) in [4.78, 5) is 9.95. The molecule has 0 aromatic carbocycles. The van der Waals surface area contributed by atoms with Crippen LogP contribution >= 0.6 is 0 Å². The van der Waals surface area contributed by atoms with Crippen molar-refractivity contribution in [2.75, 3.05) is 36.9 Å². The van der Waals surface area contributed by atoms with E-state index in [4.69, 9.17) is 15.2 Å². The lowest BCUT2D eigenvalue weighted by Gasteiger charge is -2.40. The number of nitrogen functional groups attached to an aromatic ring is 1. The van der Waals surface area contributed by atoms with Crippen LogP contribution in [0.3, 0.4) is 0 Å². The van der Waals surface area contributed by atoms with Crippen molar-refractivity contribution in [2.24, 2.45) is 0 Å². The van der Waals surface area contributed by atoms with E-state index in [0.717, 1.165) is 0 Å². The van der Waals surface area contributed by atoms with E-state index < -0.39 is 12.0 Å². The summed E-state index contributed by atoms with van der Waals surface area (Å²) >= 11 is 0. The van der Waals surface area contributed by atoms with Crippen LogP contribution < -0.4 is 10.6 Å². The highest BCUT2D eigenvalue weighted by Gasteiger charge is 2.49. The van der Waals surface area contributed by atoms with Gasteiger partial charge in [-0.25, -0.2) is 9.37 Å². The quantitative estimate of drug-likeness (QED) is 0.779. The highest BCUT2D eigenvalue weighted by molar-refractivity contribution is 5.38. The van der Waals surface area contributed by atoms with Gasteiger partial charge >= 0.3 is 0 Å². The van der Waals surface area contributed by atoms with Gasteiger partial charge in [-0.2, -0.15) is 4.98 Å². The van der Waals surface area contributed by atoms with Gasteiger partial charge in [-0.1, -0.05) is 0 Å². The Morgan fingerprint density at radius 1 is 1.44 bits per heavy atom. The Hall–Kier alpha value is -1.47. The number of hydrogen-bond donors (Lipinski definition) is 1. The van der Waals surface area contributed by atoms with Gasteiger partial charge in [0.05, 0.1) is 19.8 Å². The molecule has 18 heavy (non-hydrogen) atoms. The number of aromatic nitrogens is 2. The van der Waals surface area contributed by atoms with Gasteiger partial charge in [0.25, 0.3) is 0 Å². The number of anilines is 2. The van der Waals surface area contributed by atoms with Gasteiger partial charge in [0.15, 0.2) is 6.17 Å². The second-order valence-corrected chi connectivity index (χ2v) is 4.45. The van der Waals surface area contributed by atoms with Crippen LogP contribution in [0, 0.1) is 0 Å². The first-order chi connectivity index (χ1) is 8.70. The summed E-state index contributed by atoms with van der Waals surface area (Å²) in [7, 11) is 0. The van der Waals surface area contributed by atoms with E-state index in [0.29, 0.717) is 37.9 Å². The predicted molar refractivity (Wildman–Crippen MR) is 62.8 cm³/mol. The van der Waals surface area contributed by atoms with Crippen LogP contribution in [0.25, 0.3) is 0 Å². The summed E-state index contributed by atoms with van der Waals surface area (Å²) in [5, 5.41) is 0. The third kappa shape index (κ3) is 1.89. The Labute approximate surface area is 104 Å². The zero-order valence-corrected chi connectivity index (χ0v) is 9.88. The van der Waals surface area contributed by atoms with Crippen LogP contribution in [0.15, 0.2) is 12.3 Å². The van der Waals surface area contributed by atoms with Gasteiger partial charge in [0.2, 0.25) is 11.7 Å². The molecule has 0 amide bonds. The topological polar surface area (TPSA) is 73.5 Å². The molecular weight excluding hydrogens is 239 g/mol. The third-order valence-electron chi connectivity index (χ3n) is 3.31. The summed E-state index contributed by atoms with van der Waals surface area (Å²) in [5.74, 6) is -0.230. The molecule has 6 nitrogen and oxygen atoms in total. The van der Waals surface area contributed by atoms with Crippen molar-refractivity contribution in [3.63, 3.8) is 0 Å². The molecule has 3 rings (SSSR count). The fourth-order valence-electron chi connectivity index (χ4n) is 2.36. The van der Waals surface area contributed by atoms with Gasteiger partial charge in [0, 0.05) is 19.2 Å². The molecule has 2 saturated heterocycles. The van der Waals surface area contributed by atoms with E-state index in [9.17, 15) is 4.39 Å². The molecule has 1 aromatic rings. The van der Waals surface area contributed by atoms with E-state index in [-0.39, 0.29) is 6.54 Å². The lowest BCUT2D eigenvalue weighted by atomic mass is 10.0. The fraction of sp³-hybridized carbons (Fsp3) is 0.636. The molecule has 1 aromatic heterocycles. The summed E-state index contributed by atoms with van der Waals surface area (Å²) in [6, 6.07) is 1.60. The Balaban J connectivity index is 1.75. The maximum Gasteiger partial charge on any atom is 0.227 e. The van der Waals surface area contributed by atoms with Crippen molar-refractivity contribution in [3.05, 3.63) is 12.3 Å². The van der Waals surface area contributed by atoms with Crippen molar-refractivity contribution in [1.29, 1.82) is 0 Å². The molecule has 0 bridgehead atoms. The van der Waals surface area contributed by atoms with E-state index >= 15 is 0 Å². The van der Waals surface area contributed by atoms with Crippen LogP contribution in [0.5, 0.6) is 0 Å². The normalized spacial score (nSPS) is 26.7. The number of piperidine rings is 1. The number of alkyl halides is 1. The minimum absolute atomic E-state index is 0.156. The molecule has 2 N–H and O–H groups in total. The SMILES string of the molecule is Nc1ccnc(N2CCC3(OCCO3)[C@H](F)C2)n1. The van der Waals surface area contributed by atoms with Crippen LogP contribution in [0.1, 0.15) is 6.42 Å². The number of halogens is 1. The molecule has 3 heterocycles. The summed E-state index contributed by atoms with van der Waals surface area (Å²) in [6.07, 6.45) is 0.822. The second kappa shape index (κ2) is 4.33. The molecule has 2 fully saturated rings. The molecule has 0 unspecified atom stereocenters. The molecule has 98 valence electrons. The number of nitrogens with two attached hydrogens (primary N) is 1. The Morgan fingerprint density at radius 2 is 2.22 bits per heavy atom. The molecular formula is C11H15FN4O2. The van der Waals surface area contributed by atoms with Gasteiger partial charge in [-0.3, -0.25) is 0 Å². The number of ether oxygens (including phenoxy) is 2. The average Bonchev–Trinajstić information content (AvgIpc) is 2.83. The minimum Gasteiger partial charge on any atom is -0.384 e. The average molecular weight is 254 g/mol. The maximum absolute atomic E-state index is 14.2. The molecule has 0 aliphatic carbocycles. The van der Waals surface area contributed by atoms with E-state index in [1.54, 1.807) is 17.2 Å². The number of nitrogens with zero attached hydrogens (tertiary/aromatic N) is 3. The standard InChI is InChI=1S/C11H15FN4O2/c12-8-7-16(10-14-3-1-9(13)15-10)4-2-11(8)17-5-6-18-11/h1,3,8H,2,4-7H2,(H2,13,14,15)/t8-/m1/s1. The van der Waals surface area contributed by atoms with Gasteiger partial charge in [-0.15, -0.1) is 0 Å². The monoisotopic (exact) mass is 254 g/mol. The van der Waals surface area contributed by atoms with Crippen molar-refractivity contribution in [2.45, 2.75) is 18.4 Å². The highest BCUT2D eigenvalue weighted by atomic mass is 19.1. The van der Waals surface area contributed by atoms with Crippen molar-refractivity contribution in [3.8, 4) is 0 Å². The second-order valence-electron chi connectivity index (χ2n) is 4.45. The molecule has 2 aliphatic heterocycles. The number of rotatable bonds is 1. The summed E-state index contributed by atoms with van der Waals surface area (Å²) < 4.78 is 25.0. The minimum atomic E-state index is -1.21. The van der Waals surface area contributed by atoms with Gasteiger partial charge < -0.3 is 20.1 Å². The van der Waals surface area contributed by atoms with E-state index in [1.807, 2.05) is 0 Å². The first-order valence-corrected chi connectivity index (χ1v) is 5.95. The zero-order chi connectivity index (χ0) is 12.6. The third-order valence-corrected chi connectivity index (χ3v) is 3.31. The molecule has 1 atom stereocenters. The molecule has 0 radical (unpaired) electrons. The largest absolute Gasteiger partial charge is 0.384 e. The molecule has 1 spiro atoms. The van der Waals surface area contributed by atoms with Crippen molar-refractivity contribution < 1.29 is 13.9 Å². The first-order valence-electron chi connectivity index (χ1n) is 5.95. The predicted octanol–water partition coefficient (Wildman–Crippen LogP) is 0.350. The number of hydrogen-bond acceptors (Lipinski definition) is 6. The van der Waals surface area contributed by atoms with Crippen LogP contribution in [-0.2, 0) is 9.47 Å². The van der Waals surface area contributed by atoms with Crippen LogP contribution in [0.2, 0.25) is 0 Å². The highest BCUT2D eigenvalue weighted by Crippen LogP contribution is 2.34. The summed E-state index contributed by atoms with van der Waals surface area (Å²) in [5.41, 5.74) is 5.59. The van der Waals surface area contributed by atoms with Crippen LogP contribution in [-0.4, -0.2) is 48.2 Å². The maximum atomic E-state index is 14.2. The van der Waals surface area contributed by atoms with Crippen LogP contribution in [0.4, 0.5) is 16.2 Å². The van der Waals surface area contributed by atoms with Crippen molar-refractivity contribution >= 4 is 11.8 Å². The smallest absolute Gasteiger partial charge is 0.227 e. The molecule has 2 aliphatic rings. The molecule has 7 heteroatoms. The Morgan fingerprint density at radius 3 is 2.89 bits per heavy atom. The first kappa shape index (κ1) is 11.6. The Kier molecular flexibility index (Phi) is 2.79. The van der Waals surface area contributed by atoms with Gasteiger partial charge in [-0.05, 0) is 6.07 Å².